The fourth-order valence-corrected chi connectivity index (χ4v) is 4.27. The van der Waals surface area contributed by atoms with Gasteiger partial charge in [0.2, 0.25) is 0 Å². The molecule has 28 heavy (non-hydrogen) atoms. The Morgan fingerprint density at radius 3 is 2.50 bits per heavy atom. The van der Waals surface area contributed by atoms with E-state index in [1.165, 1.54) is 53.5 Å². The number of thioether (sulfide) groups is 1. The molecule has 5 heteroatoms. The van der Waals surface area contributed by atoms with E-state index in [4.69, 9.17) is 17.0 Å². The van der Waals surface area contributed by atoms with Crippen LogP contribution in [0.4, 0.5) is 5.69 Å². The summed E-state index contributed by atoms with van der Waals surface area (Å²) >= 11 is 6.49. The van der Waals surface area contributed by atoms with Crippen molar-refractivity contribution in [3.05, 3.63) is 71.1 Å². The van der Waals surface area contributed by atoms with Gasteiger partial charge in [-0.1, -0.05) is 81.0 Å². The maximum Gasteiger partial charge on any atom is 0.270 e. The number of aryl methyl sites for hydroxylation is 1. The first kappa shape index (κ1) is 20.6. The smallest absolute Gasteiger partial charge is 0.270 e. The number of unbranched alkanes of at least 4 members (excludes halogenated alkanes) is 3. The van der Waals surface area contributed by atoms with Crippen molar-refractivity contribution < 1.29 is 9.53 Å². The minimum atomic E-state index is -0.153. The van der Waals surface area contributed by atoms with Crippen molar-refractivity contribution in [1.82, 2.24) is 0 Å². The number of rotatable bonds is 9. The Bertz CT molecular complexity index is 861. The van der Waals surface area contributed by atoms with E-state index in [1.54, 1.807) is 0 Å². The fourth-order valence-electron chi connectivity index (χ4n) is 3.11. The number of hydrogen-bond donors (Lipinski definition) is 0. The molecule has 3 rings (SSSR count). The monoisotopic (exact) mass is 411 g/mol. The van der Waals surface area contributed by atoms with E-state index in [9.17, 15) is 4.79 Å². The third kappa shape index (κ3) is 5.24. The normalized spacial score (nSPS) is 14.0. The Hall–Kier alpha value is -2.11. The van der Waals surface area contributed by atoms with Crippen LogP contribution in [0, 0.1) is 0 Å². The Kier molecular flexibility index (Phi) is 7.29. The van der Waals surface area contributed by atoms with Crippen LogP contribution < -0.4 is 9.64 Å². The highest BCUT2D eigenvalue weighted by molar-refractivity contribution is 8.27. The van der Waals surface area contributed by atoms with Gasteiger partial charge in [0.25, 0.3) is 5.91 Å². The number of anilines is 1. The van der Waals surface area contributed by atoms with Crippen LogP contribution in [0.5, 0.6) is 5.75 Å². The highest BCUT2D eigenvalue weighted by atomic mass is 32.2. The quantitative estimate of drug-likeness (QED) is 0.276. The summed E-state index contributed by atoms with van der Waals surface area (Å²) in [6.07, 6.45) is 6.21. The summed E-state index contributed by atoms with van der Waals surface area (Å²) in [6, 6.07) is 16.0. The number of amides is 1. The molecule has 0 aliphatic carbocycles. The van der Waals surface area contributed by atoms with E-state index < -0.39 is 0 Å². The lowest BCUT2D eigenvalue weighted by molar-refractivity contribution is -0.113. The zero-order valence-electron chi connectivity index (χ0n) is 16.1. The van der Waals surface area contributed by atoms with Crippen molar-refractivity contribution in [2.75, 3.05) is 4.90 Å². The summed E-state index contributed by atoms with van der Waals surface area (Å²) < 4.78 is 6.44. The van der Waals surface area contributed by atoms with Crippen molar-refractivity contribution >= 4 is 39.9 Å². The molecule has 0 unspecified atom stereocenters. The van der Waals surface area contributed by atoms with Crippen LogP contribution in [0.25, 0.3) is 0 Å². The van der Waals surface area contributed by atoms with E-state index in [1.807, 2.05) is 24.3 Å². The number of hydrogen-bond acceptors (Lipinski definition) is 4. The lowest BCUT2D eigenvalue weighted by Gasteiger charge is -2.15. The Balaban J connectivity index is 1.56. The van der Waals surface area contributed by atoms with Crippen LogP contribution >= 0.6 is 24.0 Å². The minimum absolute atomic E-state index is 0.153. The van der Waals surface area contributed by atoms with Gasteiger partial charge in [-0.25, -0.2) is 0 Å². The van der Waals surface area contributed by atoms with Gasteiger partial charge < -0.3 is 4.74 Å². The molecule has 0 radical (unpaired) electrons. The molecule has 1 saturated heterocycles. The highest BCUT2D eigenvalue weighted by Gasteiger charge is 2.31. The third-order valence-corrected chi connectivity index (χ3v) is 5.86. The van der Waals surface area contributed by atoms with Gasteiger partial charge in [-0.05, 0) is 48.2 Å². The van der Waals surface area contributed by atoms with Gasteiger partial charge >= 0.3 is 0 Å². The largest absolute Gasteiger partial charge is 0.489 e. The standard InChI is InChI=1S/C23H25NO2S2/c1-3-4-5-6-8-18-9-7-10-19(15-18)16-26-21-13-11-20(12-14-21)24-22(25)17(2)28-23(24)27/h7,9-15H,2-6,8,16H2,1H3. The van der Waals surface area contributed by atoms with E-state index in [0.29, 0.717) is 15.8 Å². The van der Waals surface area contributed by atoms with Gasteiger partial charge in [0.1, 0.15) is 12.4 Å². The lowest BCUT2D eigenvalue weighted by Crippen LogP contribution is -2.27. The number of benzene rings is 2. The molecule has 1 amide bonds. The second kappa shape index (κ2) is 9.89. The molecule has 1 fully saturated rings. The summed E-state index contributed by atoms with van der Waals surface area (Å²) in [4.78, 5) is 14.1. The Labute approximate surface area is 176 Å². The molecule has 0 atom stereocenters. The predicted octanol–water partition coefficient (Wildman–Crippen LogP) is 6.27. The molecule has 3 nitrogen and oxygen atoms in total. The molecular weight excluding hydrogens is 386 g/mol. The second-order valence-corrected chi connectivity index (χ2v) is 8.57. The van der Waals surface area contributed by atoms with Crippen LogP contribution in [-0.4, -0.2) is 10.2 Å². The Morgan fingerprint density at radius 2 is 1.82 bits per heavy atom. The summed E-state index contributed by atoms with van der Waals surface area (Å²) in [5.74, 6) is 0.612. The summed E-state index contributed by atoms with van der Waals surface area (Å²) in [7, 11) is 0. The zero-order chi connectivity index (χ0) is 19.9. The molecule has 0 saturated carbocycles. The molecule has 0 bridgehead atoms. The van der Waals surface area contributed by atoms with E-state index in [0.717, 1.165) is 17.9 Å². The fraction of sp³-hybridized carbons (Fsp3) is 0.304. The first-order chi connectivity index (χ1) is 13.6. The number of carbonyl (C=O) groups excluding carboxylic acids is 1. The number of ether oxygens (including phenoxy) is 1. The molecule has 2 aromatic carbocycles. The highest BCUT2D eigenvalue weighted by Crippen LogP contribution is 2.34. The van der Waals surface area contributed by atoms with Crippen LogP contribution in [0.2, 0.25) is 0 Å². The van der Waals surface area contributed by atoms with Gasteiger partial charge in [-0.3, -0.25) is 9.69 Å². The van der Waals surface area contributed by atoms with Gasteiger partial charge in [0.05, 0.1) is 10.6 Å². The molecule has 1 aliphatic heterocycles. The maximum absolute atomic E-state index is 12.1. The average Bonchev–Trinajstić information content (AvgIpc) is 2.96. The summed E-state index contributed by atoms with van der Waals surface area (Å²) in [5, 5.41) is 0. The third-order valence-electron chi connectivity index (χ3n) is 4.65. The van der Waals surface area contributed by atoms with Gasteiger partial charge in [-0.15, -0.1) is 0 Å². The molecule has 0 aromatic heterocycles. The van der Waals surface area contributed by atoms with Gasteiger partial charge in [-0.2, -0.15) is 0 Å². The first-order valence-corrected chi connectivity index (χ1v) is 10.9. The molecule has 1 heterocycles. The second-order valence-electron chi connectivity index (χ2n) is 6.84. The molecule has 2 aromatic rings. The van der Waals surface area contributed by atoms with Crippen molar-refractivity contribution in [1.29, 1.82) is 0 Å². The van der Waals surface area contributed by atoms with Crippen LogP contribution in [-0.2, 0) is 17.8 Å². The van der Waals surface area contributed by atoms with Crippen molar-refractivity contribution in [2.24, 2.45) is 0 Å². The van der Waals surface area contributed by atoms with Crippen LogP contribution in [0.3, 0.4) is 0 Å². The first-order valence-electron chi connectivity index (χ1n) is 9.64. The average molecular weight is 412 g/mol. The number of carbonyl (C=O) groups is 1. The number of thiocarbonyl (C=S) groups is 1. The predicted molar refractivity (Wildman–Crippen MR) is 122 cm³/mol. The Morgan fingerprint density at radius 1 is 1.07 bits per heavy atom. The SMILES string of the molecule is C=C1SC(=S)N(c2ccc(OCc3cccc(CCCCCC)c3)cc2)C1=O. The molecule has 146 valence electrons. The van der Waals surface area contributed by atoms with Crippen LogP contribution in [0.1, 0.15) is 43.7 Å². The van der Waals surface area contributed by atoms with E-state index >= 15 is 0 Å². The summed E-state index contributed by atoms with van der Waals surface area (Å²) in [5.41, 5.74) is 3.27. The summed E-state index contributed by atoms with van der Waals surface area (Å²) in [6.45, 7) is 6.49. The molecule has 0 N–H and O–H groups in total. The van der Waals surface area contributed by atoms with E-state index in [2.05, 4.69) is 37.8 Å². The molecule has 0 spiro atoms. The topological polar surface area (TPSA) is 29.5 Å². The van der Waals surface area contributed by atoms with Crippen molar-refractivity contribution in [2.45, 2.75) is 45.6 Å². The van der Waals surface area contributed by atoms with Crippen molar-refractivity contribution in [3.8, 4) is 5.75 Å². The minimum Gasteiger partial charge on any atom is -0.489 e. The van der Waals surface area contributed by atoms with E-state index in [-0.39, 0.29) is 5.91 Å². The van der Waals surface area contributed by atoms with Gasteiger partial charge in [0.15, 0.2) is 4.32 Å². The van der Waals surface area contributed by atoms with Gasteiger partial charge in [0, 0.05) is 0 Å². The zero-order valence-corrected chi connectivity index (χ0v) is 17.8. The maximum atomic E-state index is 12.1. The number of nitrogens with zero attached hydrogens (tertiary/aromatic N) is 1. The van der Waals surface area contributed by atoms with Crippen molar-refractivity contribution in [3.63, 3.8) is 0 Å². The van der Waals surface area contributed by atoms with Crippen LogP contribution in [0.15, 0.2) is 60.0 Å². The molecular formula is C23H25NO2S2. The molecule has 1 aliphatic rings. The lowest BCUT2D eigenvalue weighted by atomic mass is 10.0.